The molecule has 0 nitrogen and oxygen atoms in total. The van der Waals surface area contributed by atoms with Gasteiger partial charge in [0.05, 0.1) is 0 Å². The van der Waals surface area contributed by atoms with Gasteiger partial charge >= 0.3 is 0 Å². The minimum atomic E-state index is -0.960. The SMILES string of the molecule is ClC(Cl)(CP(c1ccccc1)c1ccccc1)P(c1ccccc1)c1ccccc1.[Cu].[Cu].c1ccc(P(CCP(c2ccccc2)c2ccccc2)c2ccccc2)cc1.c1ccc(P(CCP(c2ccccc2)c2ccccc2)c2ccccc2)cc1. The second-order valence-corrected chi connectivity index (χ2v) is 36.2. The number of benzene rings is 12. The Balaban J connectivity index is 0.000000169. The Morgan fingerprint density at radius 2 is 0.307 bits per heavy atom. The van der Waals surface area contributed by atoms with Crippen molar-refractivity contribution in [2.75, 3.05) is 30.8 Å². The van der Waals surface area contributed by atoms with Crippen LogP contribution in [0, 0.1) is 0 Å². The molecule has 448 valence electrons. The maximum Gasteiger partial charge on any atom is 0.149 e. The monoisotopic (exact) mass is 1390 g/mol. The third-order valence-electron chi connectivity index (χ3n) is 14.5. The molecular weight excluding hydrogens is 1320 g/mol. The van der Waals surface area contributed by atoms with Crippen LogP contribution in [0.15, 0.2) is 364 Å². The largest absolute Gasteiger partial charge is 0.149 e. The van der Waals surface area contributed by atoms with Crippen LogP contribution in [-0.4, -0.2) is 34.9 Å². The van der Waals surface area contributed by atoms with E-state index in [-0.39, 0.29) is 65.8 Å². The van der Waals surface area contributed by atoms with Crippen molar-refractivity contribution in [1.29, 1.82) is 0 Å². The van der Waals surface area contributed by atoms with E-state index in [2.05, 4.69) is 352 Å². The maximum absolute atomic E-state index is 7.28. The van der Waals surface area contributed by atoms with Gasteiger partial charge in [0, 0.05) is 40.3 Å². The number of hydrogen-bond acceptors (Lipinski definition) is 0. The Kier molecular flexibility index (Phi) is 29.1. The Bertz CT molecular complexity index is 3200. The third kappa shape index (κ3) is 20.2. The number of halogens is 2. The molecule has 0 heterocycles. The van der Waals surface area contributed by atoms with E-state index in [1.807, 2.05) is 12.1 Å². The van der Waals surface area contributed by atoms with Crippen molar-refractivity contribution in [3.63, 3.8) is 0 Å². The molecule has 0 aliphatic carbocycles. The number of hydrogen-bond donors (Lipinski definition) is 0. The summed E-state index contributed by atoms with van der Waals surface area (Å²) >= 11 is 14.6. The molecule has 0 spiro atoms. The summed E-state index contributed by atoms with van der Waals surface area (Å²) in [7, 11) is -3.05. The van der Waals surface area contributed by atoms with Crippen LogP contribution in [0.5, 0.6) is 0 Å². The van der Waals surface area contributed by atoms with E-state index in [1.54, 1.807) is 0 Å². The summed E-state index contributed by atoms with van der Waals surface area (Å²) in [5, 5.41) is 16.7. The van der Waals surface area contributed by atoms with Crippen molar-refractivity contribution in [3.8, 4) is 0 Å². The third-order valence-corrected chi connectivity index (χ3v) is 32.2. The van der Waals surface area contributed by atoms with Gasteiger partial charge in [-0.25, -0.2) is 0 Å². The first-order valence-electron chi connectivity index (χ1n) is 29.1. The van der Waals surface area contributed by atoms with Gasteiger partial charge in [-0.2, -0.15) is 0 Å². The fourth-order valence-electron chi connectivity index (χ4n) is 10.4. The van der Waals surface area contributed by atoms with Gasteiger partial charge in [0.1, 0.15) is 4.07 Å². The zero-order valence-corrected chi connectivity index (χ0v) is 57.5. The van der Waals surface area contributed by atoms with Crippen molar-refractivity contribution in [1.82, 2.24) is 0 Å². The first-order valence-corrected chi connectivity index (χ1v) is 38.9. The molecule has 0 bridgehead atoms. The molecule has 0 saturated carbocycles. The molecule has 0 saturated heterocycles. The molecular formula is C78H70Cl2Cu2P6. The van der Waals surface area contributed by atoms with Gasteiger partial charge in [-0.3, -0.25) is 0 Å². The Morgan fingerprint density at radius 1 is 0.182 bits per heavy atom. The van der Waals surface area contributed by atoms with Crippen LogP contribution in [0.2, 0.25) is 0 Å². The van der Waals surface area contributed by atoms with E-state index in [1.165, 1.54) is 88.3 Å². The quantitative estimate of drug-likeness (QED) is 0.0382. The Labute approximate surface area is 562 Å². The van der Waals surface area contributed by atoms with Crippen molar-refractivity contribution >= 4 is 134 Å². The van der Waals surface area contributed by atoms with E-state index in [4.69, 9.17) is 23.2 Å². The first kappa shape index (κ1) is 68.7. The van der Waals surface area contributed by atoms with Crippen molar-refractivity contribution < 1.29 is 34.1 Å². The summed E-state index contributed by atoms with van der Waals surface area (Å²) in [5.74, 6) is 0. The predicted molar refractivity (Wildman–Crippen MR) is 393 cm³/mol. The fourth-order valence-corrected chi connectivity index (χ4v) is 28.1. The molecule has 0 fully saturated rings. The minimum Gasteiger partial charge on any atom is -0.0954 e. The molecule has 12 aromatic carbocycles. The van der Waals surface area contributed by atoms with Crippen molar-refractivity contribution in [2.24, 2.45) is 0 Å². The van der Waals surface area contributed by atoms with Gasteiger partial charge in [-0.1, -0.05) is 387 Å². The standard InChI is InChI=1S/C26H22Cl2P2.2C26H24P2.2Cu/c27-26(28,30(24-17-9-3-10-18-24)25-19-11-4-12-20-25)21-29(22-13-5-1-6-14-22)23-15-7-2-8-16-23;2*1-5-13-23(14-6-1)27(24-15-7-2-8-16-24)21-22-28(25-17-9-3-10-18-25)26-19-11-4-12-20-26;;/h1-20H,21H2;2*1-20H,21-22H2;;. The summed E-state index contributed by atoms with van der Waals surface area (Å²) in [6.45, 7) is 0. The zero-order valence-electron chi connectivity index (χ0n) is 48.7. The average molecular weight is 1390 g/mol. The van der Waals surface area contributed by atoms with E-state index < -0.39 is 19.9 Å². The van der Waals surface area contributed by atoms with Crippen LogP contribution >= 0.6 is 70.7 Å². The number of rotatable bonds is 21. The van der Waals surface area contributed by atoms with E-state index in [9.17, 15) is 0 Å². The van der Waals surface area contributed by atoms with Gasteiger partial charge in [-0.05, 0) is 136 Å². The van der Waals surface area contributed by atoms with Crippen LogP contribution in [-0.2, 0) is 34.1 Å². The van der Waals surface area contributed by atoms with Crippen LogP contribution in [0.25, 0.3) is 0 Å². The maximum atomic E-state index is 7.28. The molecule has 0 unspecified atom stereocenters. The minimum absolute atomic E-state index is 0. The second-order valence-electron chi connectivity index (χ2n) is 20.2. The van der Waals surface area contributed by atoms with Crippen LogP contribution in [0.4, 0.5) is 0 Å². The summed E-state index contributed by atoms with van der Waals surface area (Å²) in [5.41, 5.74) is 0. The van der Waals surface area contributed by atoms with Gasteiger partial charge in [0.15, 0.2) is 0 Å². The van der Waals surface area contributed by atoms with E-state index in [0.29, 0.717) is 6.16 Å². The fraction of sp³-hybridized carbons (Fsp3) is 0.0769. The summed E-state index contributed by atoms with van der Waals surface area (Å²) in [6, 6.07) is 131. The molecule has 10 heteroatoms. The summed E-state index contributed by atoms with van der Waals surface area (Å²) in [6.07, 6.45) is 5.52. The molecule has 0 atom stereocenters. The van der Waals surface area contributed by atoms with Crippen molar-refractivity contribution in [2.45, 2.75) is 4.07 Å². The molecule has 0 N–H and O–H groups in total. The van der Waals surface area contributed by atoms with Gasteiger partial charge < -0.3 is 0 Å². The van der Waals surface area contributed by atoms with Gasteiger partial charge in [0.25, 0.3) is 0 Å². The molecule has 12 rings (SSSR count). The molecule has 0 aromatic heterocycles. The Morgan fingerprint density at radius 3 is 0.455 bits per heavy atom. The molecule has 0 aliphatic heterocycles. The Hall–Kier alpha value is -5.16. The smallest absolute Gasteiger partial charge is 0.0954 e. The van der Waals surface area contributed by atoms with Crippen LogP contribution in [0.1, 0.15) is 0 Å². The zero-order chi connectivity index (χ0) is 58.9. The first-order chi connectivity index (χ1) is 42.5. The molecule has 0 amide bonds. The van der Waals surface area contributed by atoms with Gasteiger partial charge in [0.2, 0.25) is 0 Å². The molecule has 0 aliphatic rings. The molecule has 88 heavy (non-hydrogen) atoms. The number of alkyl halides is 2. The second kappa shape index (κ2) is 37.2. The van der Waals surface area contributed by atoms with Crippen LogP contribution in [0.3, 0.4) is 0 Å². The van der Waals surface area contributed by atoms with Gasteiger partial charge in [-0.15, -0.1) is 0 Å². The average Bonchev–Trinajstić information content (AvgIpc) is 2.40. The summed E-state index contributed by atoms with van der Waals surface area (Å²) < 4.78 is -0.907. The van der Waals surface area contributed by atoms with Crippen molar-refractivity contribution in [3.05, 3.63) is 364 Å². The molecule has 12 aromatic rings. The van der Waals surface area contributed by atoms with Crippen LogP contribution < -0.4 is 63.7 Å². The summed E-state index contributed by atoms with van der Waals surface area (Å²) in [4.78, 5) is 0. The van der Waals surface area contributed by atoms with E-state index >= 15 is 0 Å². The molecule has 2 radical (unpaired) electrons. The predicted octanol–water partition coefficient (Wildman–Crippen LogP) is 16.9. The normalized spacial score (nSPS) is 11.0. The van der Waals surface area contributed by atoms with E-state index in [0.717, 1.165) is 0 Å². The topological polar surface area (TPSA) is 0 Å².